The summed E-state index contributed by atoms with van der Waals surface area (Å²) in [5, 5.41) is 0. The van der Waals surface area contributed by atoms with Gasteiger partial charge < -0.3 is 5.73 Å². The van der Waals surface area contributed by atoms with Crippen molar-refractivity contribution in [1.82, 2.24) is 4.90 Å². The minimum absolute atomic E-state index is 0.0373. The van der Waals surface area contributed by atoms with E-state index in [-0.39, 0.29) is 5.83 Å². The van der Waals surface area contributed by atoms with Gasteiger partial charge in [0.2, 0.25) is 0 Å². The zero-order valence-electron chi connectivity index (χ0n) is 9.32. The van der Waals surface area contributed by atoms with Gasteiger partial charge in [-0.05, 0) is 17.6 Å². The number of nitrogens with zero attached hydrogens (tertiary/aromatic N) is 1. The van der Waals surface area contributed by atoms with Crippen molar-refractivity contribution in [3.05, 3.63) is 47.3 Å². The summed E-state index contributed by atoms with van der Waals surface area (Å²) in [6.07, 6.45) is 0.759. The Morgan fingerprint density at radius 2 is 2.00 bits per heavy atom. The molecule has 2 rings (SSSR count). The van der Waals surface area contributed by atoms with Gasteiger partial charge in [-0.2, -0.15) is 0 Å². The summed E-state index contributed by atoms with van der Waals surface area (Å²) in [4.78, 5) is 2.11. The van der Waals surface area contributed by atoms with E-state index >= 15 is 0 Å². The van der Waals surface area contributed by atoms with Gasteiger partial charge in [0, 0.05) is 19.6 Å². The van der Waals surface area contributed by atoms with E-state index in [1.165, 1.54) is 5.56 Å². The Balaban J connectivity index is 1.97. The SMILES string of the molecule is NCC1=C(F)CN(Cc2ccccc2)CC1. The van der Waals surface area contributed by atoms with Crippen molar-refractivity contribution >= 4 is 0 Å². The summed E-state index contributed by atoms with van der Waals surface area (Å²) in [7, 11) is 0. The van der Waals surface area contributed by atoms with Gasteiger partial charge in [-0.3, -0.25) is 4.90 Å². The normalized spacial score (nSPS) is 17.9. The highest BCUT2D eigenvalue weighted by Crippen LogP contribution is 2.19. The van der Waals surface area contributed by atoms with Gasteiger partial charge in [0.1, 0.15) is 5.83 Å². The van der Waals surface area contributed by atoms with Crippen LogP contribution in [0.25, 0.3) is 0 Å². The second-order valence-electron chi connectivity index (χ2n) is 4.16. The van der Waals surface area contributed by atoms with Crippen molar-refractivity contribution in [1.29, 1.82) is 0 Å². The van der Waals surface area contributed by atoms with Crippen LogP contribution in [-0.4, -0.2) is 24.5 Å². The molecule has 86 valence electrons. The van der Waals surface area contributed by atoms with Crippen molar-refractivity contribution in [2.45, 2.75) is 13.0 Å². The molecule has 2 nitrogen and oxygen atoms in total. The molecule has 0 radical (unpaired) electrons. The molecule has 0 atom stereocenters. The van der Waals surface area contributed by atoms with Crippen LogP contribution in [0.4, 0.5) is 4.39 Å². The third-order valence-electron chi connectivity index (χ3n) is 2.97. The van der Waals surface area contributed by atoms with Crippen LogP contribution in [0.5, 0.6) is 0 Å². The van der Waals surface area contributed by atoms with Crippen molar-refractivity contribution in [2.75, 3.05) is 19.6 Å². The predicted molar refractivity (Wildman–Crippen MR) is 63.5 cm³/mol. The average molecular weight is 220 g/mol. The number of hydrogen-bond donors (Lipinski definition) is 1. The van der Waals surface area contributed by atoms with Crippen molar-refractivity contribution in [3.8, 4) is 0 Å². The molecule has 0 unspecified atom stereocenters. The first-order valence-corrected chi connectivity index (χ1v) is 5.62. The second-order valence-corrected chi connectivity index (χ2v) is 4.16. The Hall–Kier alpha value is -1.19. The first kappa shape index (κ1) is 11.3. The lowest BCUT2D eigenvalue weighted by molar-refractivity contribution is 0.252. The van der Waals surface area contributed by atoms with E-state index < -0.39 is 0 Å². The first-order chi connectivity index (χ1) is 7.79. The molecule has 2 N–H and O–H groups in total. The average Bonchev–Trinajstić information content (AvgIpc) is 2.31. The lowest BCUT2D eigenvalue weighted by atomic mass is 10.1. The fraction of sp³-hybridized carbons (Fsp3) is 0.385. The number of rotatable bonds is 3. The number of halogens is 1. The molecule has 1 aromatic rings. The molecule has 16 heavy (non-hydrogen) atoms. The fourth-order valence-electron chi connectivity index (χ4n) is 2.01. The smallest absolute Gasteiger partial charge is 0.114 e. The molecule has 0 spiro atoms. The van der Waals surface area contributed by atoms with Crippen LogP contribution in [0.1, 0.15) is 12.0 Å². The minimum Gasteiger partial charge on any atom is -0.327 e. The third-order valence-corrected chi connectivity index (χ3v) is 2.97. The molecule has 0 fully saturated rings. The maximum Gasteiger partial charge on any atom is 0.114 e. The first-order valence-electron chi connectivity index (χ1n) is 5.62. The van der Waals surface area contributed by atoms with Gasteiger partial charge in [0.05, 0.1) is 6.54 Å². The van der Waals surface area contributed by atoms with E-state index in [0.29, 0.717) is 13.1 Å². The van der Waals surface area contributed by atoms with Crippen molar-refractivity contribution < 1.29 is 4.39 Å². The number of nitrogens with two attached hydrogens (primary N) is 1. The maximum atomic E-state index is 13.6. The Kier molecular flexibility index (Phi) is 3.70. The highest BCUT2D eigenvalue weighted by atomic mass is 19.1. The summed E-state index contributed by atoms with van der Waals surface area (Å²) >= 11 is 0. The van der Waals surface area contributed by atoms with Gasteiger partial charge in [-0.25, -0.2) is 4.39 Å². The van der Waals surface area contributed by atoms with Gasteiger partial charge >= 0.3 is 0 Å². The van der Waals surface area contributed by atoms with Crippen LogP contribution in [0.3, 0.4) is 0 Å². The summed E-state index contributed by atoms with van der Waals surface area (Å²) in [6, 6.07) is 10.2. The molecule has 1 aromatic carbocycles. The van der Waals surface area contributed by atoms with Gasteiger partial charge in [0.25, 0.3) is 0 Å². The zero-order valence-corrected chi connectivity index (χ0v) is 9.32. The van der Waals surface area contributed by atoms with Crippen LogP contribution >= 0.6 is 0 Å². The van der Waals surface area contributed by atoms with E-state index in [1.807, 2.05) is 18.2 Å². The predicted octanol–water partition coefficient (Wildman–Crippen LogP) is 2.07. The van der Waals surface area contributed by atoms with E-state index in [2.05, 4.69) is 17.0 Å². The summed E-state index contributed by atoms with van der Waals surface area (Å²) in [6.45, 7) is 2.47. The van der Waals surface area contributed by atoms with E-state index in [4.69, 9.17) is 5.73 Å². The number of benzene rings is 1. The summed E-state index contributed by atoms with van der Waals surface area (Å²) in [5.74, 6) is -0.0373. The van der Waals surface area contributed by atoms with Crippen LogP contribution in [-0.2, 0) is 6.54 Å². The fourth-order valence-corrected chi connectivity index (χ4v) is 2.01. The van der Waals surface area contributed by atoms with E-state index in [0.717, 1.165) is 25.1 Å². The second kappa shape index (κ2) is 5.23. The van der Waals surface area contributed by atoms with Crippen molar-refractivity contribution in [2.24, 2.45) is 5.73 Å². The quantitative estimate of drug-likeness (QED) is 0.845. The monoisotopic (exact) mass is 220 g/mol. The molecule has 1 heterocycles. The Morgan fingerprint density at radius 1 is 1.25 bits per heavy atom. The van der Waals surface area contributed by atoms with Crippen LogP contribution in [0.15, 0.2) is 41.7 Å². The van der Waals surface area contributed by atoms with Crippen LogP contribution < -0.4 is 5.73 Å². The molecule has 0 aliphatic carbocycles. The number of hydrogen-bond acceptors (Lipinski definition) is 2. The van der Waals surface area contributed by atoms with E-state index in [9.17, 15) is 4.39 Å². The third kappa shape index (κ3) is 2.68. The molecule has 3 heteroatoms. The highest BCUT2D eigenvalue weighted by Gasteiger charge is 2.17. The van der Waals surface area contributed by atoms with Crippen molar-refractivity contribution in [3.63, 3.8) is 0 Å². The van der Waals surface area contributed by atoms with Gasteiger partial charge in [-0.15, -0.1) is 0 Å². The Morgan fingerprint density at radius 3 is 2.62 bits per heavy atom. The topological polar surface area (TPSA) is 29.3 Å². The molecule has 1 aliphatic heterocycles. The largest absolute Gasteiger partial charge is 0.327 e. The summed E-state index contributed by atoms with van der Waals surface area (Å²) in [5.41, 5.74) is 7.49. The molecular formula is C13H17FN2. The standard InChI is InChI=1S/C13H17FN2/c14-13-10-16(7-6-12(13)8-15)9-11-4-2-1-3-5-11/h1-5H,6-10,15H2. The molecule has 0 bridgehead atoms. The molecule has 0 saturated carbocycles. The minimum atomic E-state index is -0.0373. The highest BCUT2D eigenvalue weighted by molar-refractivity contribution is 5.18. The van der Waals surface area contributed by atoms with Gasteiger partial charge in [0.15, 0.2) is 0 Å². The van der Waals surface area contributed by atoms with Crippen LogP contribution in [0, 0.1) is 0 Å². The van der Waals surface area contributed by atoms with Crippen LogP contribution in [0.2, 0.25) is 0 Å². The van der Waals surface area contributed by atoms with Gasteiger partial charge in [-0.1, -0.05) is 30.3 Å². The summed E-state index contributed by atoms with van der Waals surface area (Å²) < 4.78 is 13.6. The Labute approximate surface area is 95.6 Å². The Bertz CT molecular complexity index is 373. The zero-order chi connectivity index (χ0) is 11.4. The molecule has 0 amide bonds. The maximum absolute atomic E-state index is 13.6. The van der Waals surface area contributed by atoms with E-state index in [1.54, 1.807) is 0 Å². The lowest BCUT2D eigenvalue weighted by Gasteiger charge is -2.27. The lowest BCUT2D eigenvalue weighted by Crippen LogP contribution is -2.31. The molecule has 1 aliphatic rings. The molecule has 0 saturated heterocycles. The molecular weight excluding hydrogens is 203 g/mol. The molecule has 0 aromatic heterocycles.